The first kappa shape index (κ1) is 15.8. The number of nitrogens with one attached hydrogen (secondary N) is 2. The minimum atomic E-state index is -0.187. The number of nitrogens with zero attached hydrogens (tertiary/aromatic N) is 2. The Labute approximate surface area is 136 Å². The van der Waals surface area contributed by atoms with Crippen molar-refractivity contribution < 1.29 is 9.32 Å². The number of amides is 1. The maximum Gasteiger partial charge on any atom is 0.273 e. The molecule has 6 nitrogen and oxygen atoms in total. The summed E-state index contributed by atoms with van der Waals surface area (Å²) in [6.45, 7) is 4.77. The zero-order chi connectivity index (χ0) is 16.2. The van der Waals surface area contributed by atoms with Crippen LogP contribution in [0, 0.1) is 5.92 Å². The highest BCUT2D eigenvalue weighted by Gasteiger charge is 2.17. The molecule has 0 aromatic carbocycles. The van der Waals surface area contributed by atoms with Gasteiger partial charge >= 0.3 is 0 Å². The molecule has 23 heavy (non-hydrogen) atoms. The van der Waals surface area contributed by atoms with Gasteiger partial charge in [-0.3, -0.25) is 9.89 Å². The first-order valence-electron chi connectivity index (χ1n) is 8.42. The van der Waals surface area contributed by atoms with Crippen molar-refractivity contribution in [1.29, 1.82) is 0 Å². The number of carbonyl (C=O) groups is 1. The van der Waals surface area contributed by atoms with Crippen LogP contribution >= 0.6 is 0 Å². The van der Waals surface area contributed by atoms with E-state index in [9.17, 15) is 4.79 Å². The summed E-state index contributed by atoms with van der Waals surface area (Å²) < 4.78 is 5.20. The third-order valence-corrected chi connectivity index (χ3v) is 4.19. The fourth-order valence-electron chi connectivity index (χ4n) is 3.06. The predicted molar refractivity (Wildman–Crippen MR) is 86.3 cm³/mol. The molecule has 1 aliphatic carbocycles. The minimum absolute atomic E-state index is 0.187. The minimum Gasteiger partial charge on any atom is -0.361 e. The molecule has 6 heteroatoms. The van der Waals surface area contributed by atoms with Gasteiger partial charge in [0.1, 0.15) is 5.76 Å². The third kappa shape index (κ3) is 3.81. The molecule has 2 aromatic heterocycles. The van der Waals surface area contributed by atoms with Gasteiger partial charge in [0, 0.05) is 31.1 Å². The fraction of sp³-hybridized carbons (Fsp3) is 0.588. The van der Waals surface area contributed by atoms with Crippen LogP contribution in [-0.2, 0) is 25.7 Å². The number of aromatic nitrogens is 3. The standard InChI is InChI=1S/C17H24N4O2/c1-11(2)9-12-10-16(21-23-12)17(22)18-8-7-15-13-5-3-4-6-14(13)19-20-15/h10-11H,3-9H2,1-2H3,(H,18,22)(H,19,20). The van der Waals surface area contributed by atoms with Crippen LogP contribution in [0.3, 0.4) is 0 Å². The van der Waals surface area contributed by atoms with E-state index in [2.05, 4.69) is 34.5 Å². The molecule has 0 aliphatic heterocycles. The third-order valence-electron chi connectivity index (χ3n) is 4.19. The molecule has 2 heterocycles. The van der Waals surface area contributed by atoms with Crippen molar-refractivity contribution >= 4 is 5.91 Å². The van der Waals surface area contributed by atoms with Crippen molar-refractivity contribution in [2.75, 3.05) is 6.54 Å². The number of carbonyl (C=O) groups excluding carboxylic acids is 1. The fourth-order valence-corrected chi connectivity index (χ4v) is 3.06. The van der Waals surface area contributed by atoms with Crippen LogP contribution < -0.4 is 5.32 Å². The van der Waals surface area contributed by atoms with Gasteiger partial charge in [-0.1, -0.05) is 19.0 Å². The molecule has 2 N–H and O–H groups in total. The van der Waals surface area contributed by atoms with Gasteiger partial charge in [0.2, 0.25) is 0 Å². The van der Waals surface area contributed by atoms with Crippen molar-refractivity contribution in [3.05, 3.63) is 34.5 Å². The largest absolute Gasteiger partial charge is 0.361 e. The Bertz CT molecular complexity index is 672. The van der Waals surface area contributed by atoms with Crippen molar-refractivity contribution in [2.45, 2.75) is 52.4 Å². The van der Waals surface area contributed by atoms with E-state index in [1.54, 1.807) is 6.07 Å². The Kier molecular flexibility index (Phi) is 4.79. The first-order chi connectivity index (χ1) is 11.1. The van der Waals surface area contributed by atoms with E-state index in [0.717, 1.165) is 37.1 Å². The molecule has 0 bridgehead atoms. The highest BCUT2D eigenvalue weighted by Crippen LogP contribution is 2.22. The Morgan fingerprint density at radius 1 is 1.39 bits per heavy atom. The molecule has 1 aliphatic rings. The van der Waals surface area contributed by atoms with Crippen molar-refractivity contribution in [1.82, 2.24) is 20.7 Å². The summed E-state index contributed by atoms with van der Waals surface area (Å²) in [5, 5.41) is 14.3. The summed E-state index contributed by atoms with van der Waals surface area (Å²) in [6, 6.07) is 1.73. The molecule has 0 saturated heterocycles. The van der Waals surface area contributed by atoms with E-state index in [1.807, 2.05) is 0 Å². The molecule has 124 valence electrons. The number of hydrogen-bond donors (Lipinski definition) is 2. The molecule has 0 atom stereocenters. The molecule has 2 aromatic rings. The van der Waals surface area contributed by atoms with Gasteiger partial charge in [-0.25, -0.2) is 0 Å². The topological polar surface area (TPSA) is 83.8 Å². The quantitative estimate of drug-likeness (QED) is 0.857. The van der Waals surface area contributed by atoms with Crippen molar-refractivity contribution in [3.63, 3.8) is 0 Å². The number of hydrogen-bond acceptors (Lipinski definition) is 4. The first-order valence-corrected chi connectivity index (χ1v) is 8.42. The maximum atomic E-state index is 12.1. The molecule has 0 spiro atoms. The Hall–Kier alpha value is -2.11. The summed E-state index contributed by atoms with van der Waals surface area (Å²) in [5.74, 6) is 1.05. The van der Waals surface area contributed by atoms with Crippen LogP contribution in [0.25, 0.3) is 0 Å². The van der Waals surface area contributed by atoms with Gasteiger partial charge in [-0.2, -0.15) is 5.10 Å². The van der Waals surface area contributed by atoms with Crippen molar-refractivity contribution in [3.8, 4) is 0 Å². The van der Waals surface area contributed by atoms with Gasteiger partial charge in [-0.05, 0) is 37.2 Å². The van der Waals surface area contributed by atoms with E-state index in [1.165, 1.54) is 24.1 Å². The van der Waals surface area contributed by atoms with Gasteiger partial charge < -0.3 is 9.84 Å². The highest BCUT2D eigenvalue weighted by molar-refractivity contribution is 5.92. The smallest absolute Gasteiger partial charge is 0.273 e. The summed E-state index contributed by atoms with van der Waals surface area (Å²) in [5.41, 5.74) is 4.06. The molecule has 0 saturated carbocycles. The molecule has 3 rings (SSSR count). The van der Waals surface area contributed by atoms with Crippen LogP contribution in [-0.4, -0.2) is 27.8 Å². The van der Waals surface area contributed by atoms with E-state index in [0.29, 0.717) is 18.2 Å². The normalized spacial score (nSPS) is 14.0. The average Bonchev–Trinajstić information content (AvgIpc) is 3.14. The van der Waals surface area contributed by atoms with Crippen LogP contribution in [0.15, 0.2) is 10.6 Å². The number of aryl methyl sites for hydroxylation is 1. The Morgan fingerprint density at radius 3 is 3.04 bits per heavy atom. The van der Waals surface area contributed by atoms with Gasteiger partial charge in [0.25, 0.3) is 5.91 Å². The van der Waals surface area contributed by atoms with Gasteiger partial charge in [-0.15, -0.1) is 0 Å². The SMILES string of the molecule is CC(C)Cc1cc(C(=O)NCCc2n[nH]c3c2CCCC3)no1. The lowest BCUT2D eigenvalue weighted by molar-refractivity contribution is 0.0945. The Morgan fingerprint density at radius 2 is 2.22 bits per heavy atom. The Balaban J connectivity index is 1.51. The molecular weight excluding hydrogens is 292 g/mol. The monoisotopic (exact) mass is 316 g/mol. The lowest BCUT2D eigenvalue weighted by Gasteiger charge is -2.11. The highest BCUT2D eigenvalue weighted by atomic mass is 16.5. The van der Waals surface area contributed by atoms with Crippen molar-refractivity contribution in [2.24, 2.45) is 5.92 Å². The van der Waals surface area contributed by atoms with Crippen LogP contribution in [0.4, 0.5) is 0 Å². The summed E-state index contributed by atoms with van der Waals surface area (Å²) in [7, 11) is 0. The zero-order valence-corrected chi connectivity index (χ0v) is 13.8. The lowest BCUT2D eigenvalue weighted by atomic mass is 9.95. The zero-order valence-electron chi connectivity index (χ0n) is 13.8. The second kappa shape index (κ2) is 6.98. The summed E-state index contributed by atoms with van der Waals surface area (Å²) in [4.78, 5) is 12.1. The van der Waals surface area contributed by atoms with Crippen LogP contribution in [0.2, 0.25) is 0 Å². The van der Waals surface area contributed by atoms with Crippen LogP contribution in [0.1, 0.15) is 59.9 Å². The molecule has 1 amide bonds. The van der Waals surface area contributed by atoms with Gasteiger partial charge in [0.15, 0.2) is 5.69 Å². The second-order valence-corrected chi connectivity index (χ2v) is 6.62. The second-order valence-electron chi connectivity index (χ2n) is 6.62. The number of fused-ring (bicyclic) bond motifs is 1. The van der Waals surface area contributed by atoms with Crippen LogP contribution in [0.5, 0.6) is 0 Å². The lowest BCUT2D eigenvalue weighted by Crippen LogP contribution is -2.26. The maximum absolute atomic E-state index is 12.1. The molecule has 0 fully saturated rings. The number of H-pyrrole nitrogens is 1. The van der Waals surface area contributed by atoms with E-state index in [-0.39, 0.29) is 5.91 Å². The van der Waals surface area contributed by atoms with E-state index < -0.39 is 0 Å². The van der Waals surface area contributed by atoms with Gasteiger partial charge in [0.05, 0.1) is 5.69 Å². The average molecular weight is 316 g/mol. The van der Waals surface area contributed by atoms with E-state index in [4.69, 9.17) is 4.52 Å². The molecule has 0 unspecified atom stereocenters. The molecular formula is C17H24N4O2. The number of aromatic amines is 1. The van der Waals surface area contributed by atoms with E-state index >= 15 is 0 Å². The molecule has 0 radical (unpaired) electrons. The number of rotatable bonds is 6. The summed E-state index contributed by atoms with van der Waals surface area (Å²) in [6.07, 6.45) is 6.18. The predicted octanol–water partition coefficient (Wildman–Crippen LogP) is 2.45. The summed E-state index contributed by atoms with van der Waals surface area (Å²) >= 11 is 0.